The Morgan fingerprint density at radius 1 is 1.39 bits per heavy atom. The largest absolute Gasteiger partial charge is 0.394 e. The minimum absolute atomic E-state index is 0.147. The van der Waals surface area contributed by atoms with Crippen molar-refractivity contribution in [1.82, 2.24) is 9.97 Å². The topological polar surface area (TPSA) is 78.3 Å². The standard InChI is InChI=1S/C11H14ClN3O2S/c1-2-11(5-16,6-17)15-8-7-3-4-18-9(7)14-10(12)13-8/h3-4,16-17H,2,5-6H2,1H3,(H,13,14,15). The summed E-state index contributed by atoms with van der Waals surface area (Å²) in [4.78, 5) is 9.02. The highest BCUT2D eigenvalue weighted by Crippen LogP contribution is 2.29. The predicted octanol–water partition coefficient (Wildman–Crippen LogP) is 1.89. The maximum absolute atomic E-state index is 9.43. The van der Waals surface area contributed by atoms with Crippen LogP contribution in [0.5, 0.6) is 0 Å². The van der Waals surface area contributed by atoms with E-state index in [2.05, 4.69) is 15.3 Å². The van der Waals surface area contributed by atoms with Crippen LogP contribution in [0.4, 0.5) is 5.82 Å². The SMILES string of the molecule is CCC(CO)(CO)Nc1nc(Cl)nc2sccc12. The van der Waals surface area contributed by atoms with Crippen LogP contribution in [0.15, 0.2) is 11.4 Å². The number of aliphatic hydroxyl groups is 2. The van der Waals surface area contributed by atoms with E-state index in [-0.39, 0.29) is 18.5 Å². The molecule has 2 aromatic heterocycles. The molecule has 0 fully saturated rings. The molecule has 7 heteroatoms. The molecule has 0 aliphatic carbocycles. The second kappa shape index (κ2) is 5.36. The van der Waals surface area contributed by atoms with Gasteiger partial charge in [0.1, 0.15) is 10.6 Å². The lowest BCUT2D eigenvalue weighted by atomic mass is 9.98. The summed E-state index contributed by atoms with van der Waals surface area (Å²) in [5, 5.41) is 24.8. The molecule has 0 saturated heterocycles. The number of anilines is 1. The fourth-order valence-corrected chi connectivity index (χ4v) is 2.60. The van der Waals surface area contributed by atoms with Gasteiger partial charge in [0.2, 0.25) is 5.28 Å². The maximum atomic E-state index is 9.43. The van der Waals surface area contributed by atoms with E-state index in [1.807, 2.05) is 18.4 Å². The molecule has 0 aliphatic rings. The molecule has 98 valence electrons. The Labute approximate surface area is 113 Å². The number of thiophene rings is 1. The molecule has 0 atom stereocenters. The Morgan fingerprint density at radius 3 is 2.72 bits per heavy atom. The average Bonchev–Trinajstić information content (AvgIpc) is 2.84. The second-order valence-corrected chi connectivity index (χ2v) is 5.29. The Hall–Kier alpha value is -0.950. The molecule has 0 amide bonds. The van der Waals surface area contributed by atoms with Gasteiger partial charge in [0.05, 0.1) is 24.1 Å². The summed E-state index contributed by atoms with van der Waals surface area (Å²) in [5.41, 5.74) is -0.799. The molecule has 0 radical (unpaired) electrons. The molecule has 2 heterocycles. The fraction of sp³-hybridized carbons (Fsp3) is 0.455. The first-order chi connectivity index (χ1) is 8.64. The number of aliphatic hydroxyl groups excluding tert-OH is 2. The van der Waals surface area contributed by atoms with E-state index in [1.165, 1.54) is 11.3 Å². The van der Waals surface area contributed by atoms with Crippen LogP contribution in [-0.4, -0.2) is 38.9 Å². The highest BCUT2D eigenvalue weighted by molar-refractivity contribution is 7.16. The lowest BCUT2D eigenvalue weighted by Gasteiger charge is -2.30. The van der Waals surface area contributed by atoms with Crippen molar-refractivity contribution in [1.29, 1.82) is 0 Å². The van der Waals surface area contributed by atoms with Gasteiger partial charge < -0.3 is 15.5 Å². The van der Waals surface area contributed by atoms with Crippen molar-refractivity contribution in [3.63, 3.8) is 0 Å². The lowest BCUT2D eigenvalue weighted by molar-refractivity contribution is 0.132. The summed E-state index contributed by atoms with van der Waals surface area (Å²) >= 11 is 7.32. The van der Waals surface area contributed by atoms with Crippen molar-refractivity contribution in [2.45, 2.75) is 18.9 Å². The minimum atomic E-state index is -0.799. The molecule has 0 spiro atoms. The van der Waals surface area contributed by atoms with Crippen LogP contribution in [-0.2, 0) is 0 Å². The number of halogens is 1. The first-order valence-electron chi connectivity index (χ1n) is 5.55. The molecule has 2 rings (SSSR count). The third kappa shape index (κ3) is 2.42. The van der Waals surface area contributed by atoms with Crippen molar-refractivity contribution in [3.8, 4) is 0 Å². The molecular formula is C11H14ClN3O2S. The zero-order chi connectivity index (χ0) is 13.2. The van der Waals surface area contributed by atoms with E-state index in [0.29, 0.717) is 12.2 Å². The summed E-state index contributed by atoms with van der Waals surface area (Å²) in [6.45, 7) is 1.51. The van der Waals surface area contributed by atoms with Crippen LogP contribution < -0.4 is 5.32 Å². The van der Waals surface area contributed by atoms with Crippen molar-refractivity contribution in [2.24, 2.45) is 0 Å². The van der Waals surface area contributed by atoms with Gasteiger partial charge in [0.25, 0.3) is 0 Å². The number of hydrogen-bond donors (Lipinski definition) is 3. The van der Waals surface area contributed by atoms with Crippen molar-refractivity contribution < 1.29 is 10.2 Å². The summed E-state index contributed by atoms with van der Waals surface area (Å²) in [7, 11) is 0. The van der Waals surface area contributed by atoms with E-state index < -0.39 is 5.54 Å². The van der Waals surface area contributed by atoms with Crippen LogP contribution in [0.1, 0.15) is 13.3 Å². The predicted molar refractivity (Wildman–Crippen MR) is 73.2 cm³/mol. The normalized spacial score (nSPS) is 12.0. The molecule has 18 heavy (non-hydrogen) atoms. The summed E-state index contributed by atoms with van der Waals surface area (Å²) in [6.07, 6.45) is 0.563. The molecule has 0 aromatic carbocycles. The van der Waals surface area contributed by atoms with Gasteiger partial charge in [0, 0.05) is 0 Å². The van der Waals surface area contributed by atoms with Gasteiger partial charge in [-0.2, -0.15) is 0 Å². The number of nitrogens with one attached hydrogen (secondary N) is 1. The average molecular weight is 288 g/mol. The molecule has 3 N–H and O–H groups in total. The molecule has 5 nitrogen and oxygen atoms in total. The monoisotopic (exact) mass is 287 g/mol. The van der Waals surface area contributed by atoms with Crippen LogP contribution in [0, 0.1) is 0 Å². The third-order valence-electron chi connectivity index (χ3n) is 2.96. The van der Waals surface area contributed by atoms with Crippen LogP contribution >= 0.6 is 22.9 Å². The van der Waals surface area contributed by atoms with E-state index >= 15 is 0 Å². The number of rotatable bonds is 5. The highest BCUT2D eigenvalue weighted by Gasteiger charge is 2.27. The van der Waals surface area contributed by atoms with Crippen LogP contribution in [0.25, 0.3) is 10.2 Å². The summed E-state index contributed by atoms with van der Waals surface area (Å²) in [6, 6.07) is 1.88. The van der Waals surface area contributed by atoms with Crippen molar-refractivity contribution in [2.75, 3.05) is 18.5 Å². The van der Waals surface area contributed by atoms with Crippen molar-refractivity contribution in [3.05, 3.63) is 16.7 Å². The van der Waals surface area contributed by atoms with Gasteiger partial charge >= 0.3 is 0 Å². The van der Waals surface area contributed by atoms with Gasteiger partial charge in [-0.05, 0) is 29.5 Å². The maximum Gasteiger partial charge on any atom is 0.225 e. The number of hydrogen-bond acceptors (Lipinski definition) is 6. The molecule has 0 bridgehead atoms. The zero-order valence-corrected chi connectivity index (χ0v) is 11.4. The first-order valence-corrected chi connectivity index (χ1v) is 6.80. The van der Waals surface area contributed by atoms with Crippen LogP contribution in [0.3, 0.4) is 0 Å². The van der Waals surface area contributed by atoms with Gasteiger partial charge in [0.15, 0.2) is 0 Å². The highest BCUT2D eigenvalue weighted by atomic mass is 35.5. The summed E-state index contributed by atoms with van der Waals surface area (Å²) < 4.78 is 0. The van der Waals surface area contributed by atoms with E-state index in [4.69, 9.17) is 11.6 Å². The van der Waals surface area contributed by atoms with E-state index in [9.17, 15) is 10.2 Å². The number of aromatic nitrogens is 2. The molecule has 0 saturated carbocycles. The Kier molecular flexibility index (Phi) is 4.01. The first kappa shape index (κ1) is 13.5. The quantitative estimate of drug-likeness (QED) is 0.732. The zero-order valence-electron chi connectivity index (χ0n) is 9.85. The lowest BCUT2D eigenvalue weighted by Crippen LogP contribution is -2.45. The Bertz CT molecular complexity index is 534. The molecule has 2 aromatic rings. The van der Waals surface area contributed by atoms with Crippen LogP contribution in [0.2, 0.25) is 5.28 Å². The Morgan fingerprint density at radius 2 is 2.11 bits per heavy atom. The van der Waals surface area contributed by atoms with Gasteiger partial charge in [-0.15, -0.1) is 11.3 Å². The minimum Gasteiger partial charge on any atom is -0.394 e. The Balaban J connectivity index is 2.44. The smallest absolute Gasteiger partial charge is 0.225 e. The summed E-state index contributed by atoms with van der Waals surface area (Å²) in [5.74, 6) is 0.538. The number of nitrogens with zero attached hydrogens (tertiary/aromatic N) is 2. The van der Waals surface area contributed by atoms with E-state index in [0.717, 1.165) is 10.2 Å². The molecule has 0 aliphatic heterocycles. The second-order valence-electron chi connectivity index (χ2n) is 4.06. The molecule has 0 unspecified atom stereocenters. The van der Waals surface area contributed by atoms with E-state index in [1.54, 1.807) is 0 Å². The van der Waals surface area contributed by atoms with Gasteiger partial charge in [-0.3, -0.25) is 0 Å². The fourth-order valence-electron chi connectivity index (χ4n) is 1.62. The van der Waals surface area contributed by atoms with Crippen molar-refractivity contribution >= 4 is 39.0 Å². The molecular weight excluding hydrogens is 274 g/mol. The number of fused-ring (bicyclic) bond motifs is 1. The van der Waals surface area contributed by atoms with Gasteiger partial charge in [-0.1, -0.05) is 6.92 Å². The van der Waals surface area contributed by atoms with Gasteiger partial charge in [-0.25, -0.2) is 9.97 Å². The third-order valence-corrected chi connectivity index (χ3v) is 3.94.